The molecule has 3 fully saturated rings. The fourth-order valence-corrected chi connectivity index (χ4v) is 7.42. The standard InChI is InChI=1S/C23H41NO2/c1-8-16-19-17(10-12-22(16,4)14(2)3)23(5)11-9-15(24)13-18(23)20(25-6)21(19)26-7/h15-21H,2,8-13,24H2,1,3-7H3/t15-,16?,17?,18?,19?,20-,21?,22?,23?/m1/s1. The summed E-state index contributed by atoms with van der Waals surface area (Å²) in [5.41, 5.74) is 8.27. The second-order valence-electron chi connectivity index (χ2n) is 9.98. The molecule has 0 amide bonds. The van der Waals surface area contributed by atoms with Crippen molar-refractivity contribution in [2.75, 3.05) is 14.2 Å². The summed E-state index contributed by atoms with van der Waals surface area (Å²) in [6.45, 7) is 14.0. The molecule has 0 aliphatic heterocycles. The maximum absolute atomic E-state index is 6.40. The minimum atomic E-state index is 0.152. The van der Waals surface area contributed by atoms with Gasteiger partial charge < -0.3 is 15.2 Å². The lowest BCUT2D eigenvalue weighted by molar-refractivity contribution is -0.228. The molecule has 0 radical (unpaired) electrons. The van der Waals surface area contributed by atoms with Gasteiger partial charge in [0.05, 0.1) is 12.2 Å². The van der Waals surface area contributed by atoms with Crippen molar-refractivity contribution in [3.05, 3.63) is 12.2 Å². The third kappa shape index (κ3) is 2.81. The Hall–Kier alpha value is -0.380. The molecule has 3 nitrogen and oxygen atoms in total. The van der Waals surface area contributed by atoms with Gasteiger partial charge in [0.15, 0.2) is 0 Å². The first-order valence-corrected chi connectivity index (χ1v) is 10.7. The number of methoxy groups -OCH3 is 2. The molecule has 0 aromatic carbocycles. The summed E-state index contributed by atoms with van der Waals surface area (Å²) in [5, 5.41) is 0. The monoisotopic (exact) mass is 363 g/mol. The van der Waals surface area contributed by atoms with Gasteiger partial charge >= 0.3 is 0 Å². The van der Waals surface area contributed by atoms with Crippen molar-refractivity contribution in [2.24, 2.45) is 40.2 Å². The van der Waals surface area contributed by atoms with E-state index in [0.29, 0.717) is 35.1 Å². The Morgan fingerprint density at radius 3 is 2.27 bits per heavy atom. The number of nitrogens with two attached hydrogens (primary N) is 1. The average Bonchev–Trinajstić information content (AvgIpc) is 2.61. The van der Waals surface area contributed by atoms with Crippen molar-refractivity contribution in [3.8, 4) is 0 Å². The van der Waals surface area contributed by atoms with E-state index in [2.05, 4.69) is 34.3 Å². The quantitative estimate of drug-likeness (QED) is 0.730. The largest absolute Gasteiger partial charge is 0.378 e. The molecule has 3 aliphatic rings. The van der Waals surface area contributed by atoms with Crippen molar-refractivity contribution < 1.29 is 9.47 Å². The normalized spacial score (nSPS) is 51.4. The highest BCUT2D eigenvalue weighted by atomic mass is 16.5. The zero-order valence-electron chi connectivity index (χ0n) is 17.9. The van der Waals surface area contributed by atoms with Gasteiger partial charge in [-0.15, -0.1) is 0 Å². The smallest absolute Gasteiger partial charge is 0.0869 e. The summed E-state index contributed by atoms with van der Waals surface area (Å²) in [6.07, 6.45) is 7.49. The van der Waals surface area contributed by atoms with Crippen LogP contribution in [0.5, 0.6) is 0 Å². The van der Waals surface area contributed by atoms with Gasteiger partial charge in [-0.3, -0.25) is 0 Å². The molecule has 0 aromatic heterocycles. The summed E-state index contributed by atoms with van der Waals surface area (Å²) in [7, 11) is 3.76. The van der Waals surface area contributed by atoms with Crippen molar-refractivity contribution in [3.63, 3.8) is 0 Å². The first-order chi connectivity index (χ1) is 12.2. The average molecular weight is 364 g/mol. The lowest BCUT2D eigenvalue weighted by Crippen LogP contribution is -2.65. The van der Waals surface area contributed by atoms with Crippen molar-refractivity contribution in [2.45, 2.75) is 84.5 Å². The van der Waals surface area contributed by atoms with Gasteiger partial charge in [0.1, 0.15) is 0 Å². The SMILES string of the molecule is C=C(C)C1(C)CCC2C(C(OC)[C@H](OC)C3C[C@H](N)CCC23C)C1CC. The predicted octanol–water partition coefficient (Wildman–Crippen LogP) is 4.80. The first-order valence-electron chi connectivity index (χ1n) is 10.7. The fraction of sp³-hybridized carbons (Fsp3) is 0.913. The summed E-state index contributed by atoms with van der Waals surface area (Å²) >= 11 is 0. The fourth-order valence-electron chi connectivity index (χ4n) is 7.42. The van der Waals surface area contributed by atoms with Crippen LogP contribution < -0.4 is 5.73 Å². The maximum atomic E-state index is 6.40. The molecule has 0 aromatic rings. The Bertz CT molecular complexity index is 534. The zero-order valence-corrected chi connectivity index (χ0v) is 17.9. The number of fused-ring (bicyclic) bond motifs is 3. The van der Waals surface area contributed by atoms with E-state index in [1.807, 2.05) is 14.2 Å². The number of hydrogen-bond donors (Lipinski definition) is 1. The molecule has 3 aliphatic carbocycles. The number of ether oxygens (including phenoxy) is 2. The minimum Gasteiger partial charge on any atom is -0.378 e. The summed E-state index contributed by atoms with van der Waals surface area (Å²) in [6, 6.07) is 0.311. The third-order valence-corrected chi connectivity index (χ3v) is 9.09. The van der Waals surface area contributed by atoms with Crippen molar-refractivity contribution in [1.29, 1.82) is 0 Å². The van der Waals surface area contributed by atoms with Crippen LogP contribution in [-0.2, 0) is 9.47 Å². The number of allylic oxidation sites excluding steroid dienone is 1. The molecule has 3 heteroatoms. The molecule has 0 spiro atoms. The van der Waals surface area contributed by atoms with Crippen LogP contribution in [0, 0.1) is 34.5 Å². The lowest BCUT2D eigenvalue weighted by Gasteiger charge is -2.65. The molecule has 7 unspecified atom stereocenters. The van der Waals surface area contributed by atoms with Gasteiger partial charge in [0.2, 0.25) is 0 Å². The van der Waals surface area contributed by atoms with E-state index < -0.39 is 0 Å². The molecule has 0 saturated heterocycles. The highest BCUT2D eigenvalue weighted by molar-refractivity contribution is 5.18. The molecule has 0 bridgehead atoms. The first kappa shape index (κ1) is 20.4. The molecule has 3 rings (SSSR count). The van der Waals surface area contributed by atoms with Crippen LogP contribution in [0.1, 0.15) is 66.2 Å². The van der Waals surface area contributed by atoms with Crippen LogP contribution in [0.25, 0.3) is 0 Å². The zero-order chi connectivity index (χ0) is 19.3. The topological polar surface area (TPSA) is 44.5 Å². The van der Waals surface area contributed by atoms with Crippen LogP contribution >= 0.6 is 0 Å². The van der Waals surface area contributed by atoms with Gasteiger partial charge in [0, 0.05) is 20.3 Å². The molecule has 3 saturated carbocycles. The van der Waals surface area contributed by atoms with Crippen LogP contribution in [0.3, 0.4) is 0 Å². The van der Waals surface area contributed by atoms with E-state index in [0.717, 1.165) is 12.8 Å². The molecular formula is C23H41NO2. The second kappa shape index (κ2) is 7.22. The Morgan fingerprint density at radius 1 is 1.08 bits per heavy atom. The van der Waals surface area contributed by atoms with Crippen LogP contribution in [0.15, 0.2) is 12.2 Å². The number of rotatable bonds is 4. The van der Waals surface area contributed by atoms with Crippen LogP contribution in [0.2, 0.25) is 0 Å². The van der Waals surface area contributed by atoms with Crippen LogP contribution in [-0.4, -0.2) is 32.5 Å². The molecule has 0 heterocycles. The Balaban J connectivity index is 2.07. The van der Waals surface area contributed by atoms with Crippen LogP contribution in [0.4, 0.5) is 0 Å². The number of hydrogen-bond acceptors (Lipinski definition) is 3. The Labute approximate surface area is 161 Å². The maximum Gasteiger partial charge on any atom is 0.0869 e. The Kier molecular flexibility index (Phi) is 5.65. The second-order valence-corrected chi connectivity index (χ2v) is 9.98. The van der Waals surface area contributed by atoms with E-state index in [-0.39, 0.29) is 17.6 Å². The van der Waals surface area contributed by atoms with Gasteiger partial charge in [0.25, 0.3) is 0 Å². The molecule has 2 N–H and O–H groups in total. The minimum absolute atomic E-state index is 0.152. The van der Waals surface area contributed by atoms with E-state index in [1.165, 1.54) is 31.3 Å². The van der Waals surface area contributed by atoms with Gasteiger partial charge in [-0.25, -0.2) is 0 Å². The van der Waals surface area contributed by atoms with Gasteiger partial charge in [-0.2, -0.15) is 0 Å². The molecule has 150 valence electrons. The van der Waals surface area contributed by atoms with E-state index in [1.54, 1.807) is 0 Å². The highest BCUT2D eigenvalue weighted by Gasteiger charge is 2.63. The van der Waals surface area contributed by atoms with Gasteiger partial charge in [-0.05, 0) is 73.5 Å². The van der Waals surface area contributed by atoms with E-state index in [4.69, 9.17) is 15.2 Å². The predicted molar refractivity (Wildman–Crippen MR) is 108 cm³/mol. The molecule has 9 atom stereocenters. The Morgan fingerprint density at radius 2 is 1.73 bits per heavy atom. The highest BCUT2D eigenvalue weighted by Crippen LogP contribution is 2.65. The molecule has 26 heavy (non-hydrogen) atoms. The van der Waals surface area contributed by atoms with Crippen molar-refractivity contribution >= 4 is 0 Å². The summed E-state index contributed by atoms with van der Waals surface area (Å²) < 4.78 is 12.3. The van der Waals surface area contributed by atoms with Crippen molar-refractivity contribution in [1.82, 2.24) is 0 Å². The third-order valence-electron chi connectivity index (χ3n) is 9.09. The van der Waals surface area contributed by atoms with E-state index >= 15 is 0 Å². The van der Waals surface area contributed by atoms with Gasteiger partial charge in [-0.1, -0.05) is 39.3 Å². The van der Waals surface area contributed by atoms with E-state index in [9.17, 15) is 0 Å². The summed E-state index contributed by atoms with van der Waals surface area (Å²) in [4.78, 5) is 0. The summed E-state index contributed by atoms with van der Waals surface area (Å²) in [5.74, 6) is 2.36. The molecular weight excluding hydrogens is 322 g/mol. The lowest BCUT2D eigenvalue weighted by atomic mass is 9.42.